The van der Waals surface area contributed by atoms with Gasteiger partial charge >= 0.3 is 0 Å². The largest absolute Gasteiger partial charge is 0.373 e. The molecule has 0 aromatic rings. The fourth-order valence-electron chi connectivity index (χ4n) is 2.02. The normalized spacial score (nSPS) is 25.5. The summed E-state index contributed by atoms with van der Waals surface area (Å²) in [5.74, 6) is 0. The smallest absolute Gasteiger partial charge is 0.0976 e. The Balaban J connectivity index is 2.25. The molecule has 1 rings (SSSR count). The van der Waals surface area contributed by atoms with Crippen LogP contribution >= 0.6 is 0 Å². The average molecular weight is 259 g/mol. The van der Waals surface area contributed by atoms with Crippen LogP contribution in [0.4, 0.5) is 0 Å². The van der Waals surface area contributed by atoms with E-state index in [-0.39, 0.29) is 12.2 Å². The van der Waals surface area contributed by atoms with Crippen molar-refractivity contribution in [2.75, 3.05) is 74.6 Å². The molecule has 0 radical (unpaired) electrons. The summed E-state index contributed by atoms with van der Waals surface area (Å²) in [5, 5.41) is 0. The summed E-state index contributed by atoms with van der Waals surface area (Å²) in [5.41, 5.74) is 0. The lowest BCUT2D eigenvalue weighted by Crippen LogP contribution is -2.34. The van der Waals surface area contributed by atoms with Crippen LogP contribution in [0.3, 0.4) is 0 Å². The first-order chi connectivity index (χ1) is 8.49. The molecule has 1 aliphatic rings. The zero-order chi connectivity index (χ0) is 13.5. The standard InChI is InChI=1S/C13H29N3O2/c1-14(2)6-8-17-12-10-16(5)11-13(12)18-9-7-15(3)4/h12-13H,6-11H2,1-5H3. The van der Waals surface area contributed by atoms with E-state index < -0.39 is 0 Å². The lowest BCUT2D eigenvalue weighted by molar-refractivity contribution is -0.0511. The van der Waals surface area contributed by atoms with E-state index >= 15 is 0 Å². The molecule has 108 valence electrons. The summed E-state index contributed by atoms with van der Waals surface area (Å²) in [6, 6.07) is 0. The lowest BCUT2D eigenvalue weighted by Gasteiger charge is -2.21. The Bertz CT molecular complexity index is 202. The molecule has 5 nitrogen and oxygen atoms in total. The highest BCUT2D eigenvalue weighted by atomic mass is 16.5. The summed E-state index contributed by atoms with van der Waals surface area (Å²) in [6.45, 7) is 5.42. The molecular formula is C13H29N3O2. The number of likely N-dealkylation sites (tertiary alicyclic amines) is 1. The highest BCUT2D eigenvalue weighted by Gasteiger charge is 2.32. The van der Waals surface area contributed by atoms with Crippen molar-refractivity contribution in [1.82, 2.24) is 14.7 Å². The average Bonchev–Trinajstić information content (AvgIpc) is 2.58. The quantitative estimate of drug-likeness (QED) is 0.603. The Morgan fingerprint density at radius 2 is 1.28 bits per heavy atom. The molecule has 0 N–H and O–H groups in total. The van der Waals surface area contributed by atoms with Crippen LogP contribution < -0.4 is 0 Å². The molecule has 2 unspecified atom stereocenters. The van der Waals surface area contributed by atoms with Gasteiger partial charge in [-0.1, -0.05) is 0 Å². The van der Waals surface area contributed by atoms with Crippen LogP contribution in [0, 0.1) is 0 Å². The summed E-state index contributed by atoms with van der Waals surface area (Å²) < 4.78 is 11.9. The van der Waals surface area contributed by atoms with E-state index in [2.05, 4.69) is 49.9 Å². The molecule has 0 bridgehead atoms. The fourth-order valence-corrected chi connectivity index (χ4v) is 2.02. The Kier molecular flexibility index (Phi) is 7.11. The van der Waals surface area contributed by atoms with E-state index in [0.29, 0.717) is 0 Å². The molecule has 1 heterocycles. The Morgan fingerprint density at radius 3 is 1.61 bits per heavy atom. The summed E-state index contributed by atoms with van der Waals surface area (Å²) in [7, 11) is 10.4. The van der Waals surface area contributed by atoms with Crippen molar-refractivity contribution in [3.63, 3.8) is 0 Å². The fraction of sp³-hybridized carbons (Fsp3) is 1.00. The zero-order valence-corrected chi connectivity index (χ0v) is 12.6. The van der Waals surface area contributed by atoms with Gasteiger partial charge in [0.2, 0.25) is 0 Å². The topological polar surface area (TPSA) is 28.2 Å². The summed E-state index contributed by atoms with van der Waals surface area (Å²) in [4.78, 5) is 6.56. The van der Waals surface area contributed by atoms with Gasteiger partial charge in [-0.2, -0.15) is 0 Å². The monoisotopic (exact) mass is 259 g/mol. The molecule has 1 aliphatic heterocycles. The third-order valence-corrected chi connectivity index (χ3v) is 3.14. The Labute approximate surface area is 112 Å². The maximum atomic E-state index is 5.93. The van der Waals surface area contributed by atoms with E-state index in [1.54, 1.807) is 0 Å². The summed E-state index contributed by atoms with van der Waals surface area (Å²) in [6.07, 6.45) is 0.439. The minimum atomic E-state index is 0.220. The van der Waals surface area contributed by atoms with E-state index in [9.17, 15) is 0 Å². The minimum absolute atomic E-state index is 0.220. The molecule has 0 amide bonds. The predicted molar refractivity (Wildman–Crippen MR) is 74.1 cm³/mol. The first-order valence-electron chi connectivity index (χ1n) is 6.70. The highest BCUT2D eigenvalue weighted by molar-refractivity contribution is 4.84. The van der Waals surface area contributed by atoms with Gasteiger partial charge in [0.15, 0.2) is 0 Å². The number of rotatable bonds is 8. The van der Waals surface area contributed by atoms with Crippen LogP contribution in [0.15, 0.2) is 0 Å². The first-order valence-corrected chi connectivity index (χ1v) is 6.70. The van der Waals surface area contributed by atoms with Gasteiger partial charge in [0.05, 0.1) is 25.4 Å². The van der Waals surface area contributed by atoms with Gasteiger partial charge < -0.3 is 24.2 Å². The van der Waals surface area contributed by atoms with Gasteiger partial charge in [-0.05, 0) is 35.2 Å². The zero-order valence-electron chi connectivity index (χ0n) is 12.6. The van der Waals surface area contributed by atoms with Crippen molar-refractivity contribution in [2.24, 2.45) is 0 Å². The predicted octanol–water partition coefficient (Wildman–Crippen LogP) is -0.175. The van der Waals surface area contributed by atoms with Gasteiger partial charge in [0.25, 0.3) is 0 Å². The van der Waals surface area contributed by atoms with Gasteiger partial charge in [0.1, 0.15) is 0 Å². The second-order valence-corrected chi connectivity index (χ2v) is 5.65. The van der Waals surface area contributed by atoms with Crippen LogP contribution in [0.5, 0.6) is 0 Å². The molecule has 0 aromatic heterocycles. The highest BCUT2D eigenvalue weighted by Crippen LogP contribution is 2.15. The maximum Gasteiger partial charge on any atom is 0.0976 e. The third-order valence-electron chi connectivity index (χ3n) is 3.14. The molecule has 2 atom stereocenters. The Morgan fingerprint density at radius 1 is 0.889 bits per heavy atom. The molecular weight excluding hydrogens is 230 g/mol. The van der Waals surface area contributed by atoms with Crippen LogP contribution in [0.2, 0.25) is 0 Å². The third kappa shape index (κ3) is 6.11. The molecule has 0 saturated carbocycles. The second kappa shape index (κ2) is 8.07. The van der Waals surface area contributed by atoms with Crippen LogP contribution in [-0.4, -0.2) is 102 Å². The molecule has 1 saturated heterocycles. The van der Waals surface area contributed by atoms with Crippen LogP contribution in [-0.2, 0) is 9.47 Å². The number of hydrogen-bond acceptors (Lipinski definition) is 5. The number of ether oxygens (including phenoxy) is 2. The molecule has 5 heteroatoms. The number of likely N-dealkylation sites (N-methyl/N-ethyl adjacent to an activating group) is 3. The van der Waals surface area contributed by atoms with Gasteiger partial charge in [-0.25, -0.2) is 0 Å². The van der Waals surface area contributed by atoms with E-state index in [1.807, 2.05) is 0 Å². The van der Waals surface area contributed by atoms with Crippen molar-refractivity contribution in [3.05, 3.63) is 0 Å². The van der Waals surface area contributed by atoms with Crippen molar-refractivity contribution in [3.8, 4) is 0 Å². The van der Waals surface area contributed by atoms with Crippen LogP contribution in [0.1, 0.15) is 0 Å². The van der Waals surface area contributed by atoms with E-state index in [1.165, 1.54) is 0 Å². The molecule has 0 aliphatic carbocycles. The van der Waals surface area contributed by atoms with Gasteiger partial charge in [-0.15, -0.1) is 0 Å². The number of hydrogen-bond donors (Lipinski definition) is 0. The minimum Gasteiger partial charge on any atom is -0.373 e. The second-order valence-electron chi connectivity index (χ2n) is 5.65. The van der Waals surface area contributed by atoms with Crippen molar-refractivity contribution in [1.29, 1.82) is 0 Å². The molecule has 18 heavy (non-hydrogen) atoms. The van der Waals surface area contributed by atoms with Crippen molar-refractivity contribution < 1.29 is 9.47 Å². The summed E-state index contributed by atoms with van der Waals surface area (Å²) >= 11 is 0. The molecule has 0 aromatic carbocycles. The van der Waals surface area contributed by atoms with Crippen LogP contribution in [0.25, 0.3) is 0 Å². The van der Waals surface area contributed by atoms with E-state index in [0.717, 1.165) is 39.4 Å². The van der Waals surface area contributed by atoms with Gasteiger partial charge in [0, 0.05) is 26.2 Å². The SMILES string of the molecule is CN(C)CCOC1CN(C)CC1OCCN(C)C. The first kappa shape index (κ1) is 15.9. The van der Waals surface area contributed by atoms with Crippen molar-refractivity contribution in [2.45, 2.75) is 12.2 Å². The molecule has 1 fully saturated rings. The lowest BCUT2D eigenvalue weighted by atomic mass is 10.2. The molecule has 0 spiro atoms. The van der Waals surface area contributed by atoms with E-state index in [4.69, 9.17) is 9.47 Å². The number of nitrogens with zero attached hydrogens (tertiary/aromatic N) is 3. The Hall–Kier alpha value is -0.200. The maximum absolute atomic E-state index is 5.93. The van der Waals surface area contributed by atoms with Gasteiger partial charge in [-0.3, -0.25) is 0 Å². The van der Waals surface area contributed by atoms with Crippen molar-refractivity contribution >= 4 is 0 Å².